The second-order valence-corrected chi connectivity index (χ2v) is 2.99. The van der Waals surface area contributed by atoms with Gasteiger partial charge in [0, 0.05) is 6.21 Å². The van der Waals surface area contributed by atoms with Crippen molar-refractivity contribution in [1.29, 1.82) is 0 Å². The van der Waals surface area contributed by atoms with Crippen LogP contribution in [-0.2, 0) is 16.0 Å². The molecule has 0 saturated heterocycles. The van der Waals surface area contributed by atoms with E-state index in [2.05, 4.69) is 21.5 Å². The lowest BCUT2D eigenvalue weighted by Crippen LogP contribution is -2.08. The van der Waals surface area contributed by atoms with Crippen LogP contribution in [0, 0.1) is 0 Å². The van der Waals surface area contributed by atoms with E-state index in [0.717, 1.165) is 0 Å². The van der Waals surface area contributed by atoms with Crippen molar-refractivity contribution in [1.82, 2.24) is 9.97 Å². The molecule has 0 atom stereocenters. The molecule has 0 amide bonds. The van der Waals surface area contributed by atoms with E-state index >= 15 is 0 Å². The van der Waals surface area contributed by atoms with E-state index < -0.39 is 0 Å². The minimum absolute atomic E-state index is 0.119. The molecule has 1 aromatic rings. The van der Waals surface area contributed by atoms with Crippen molar-refractivity contribution in [2.24, 2.45) is 4.99 Å². The molecule has 0 aliphatic carbocycles. The monoisotopic (exact) mass is 251 g/mol. The maximum absolute atomic E-state index is 11.2. The Bertz CT molecular complexity index is 408. The number of rotatable bonds is 5. The summed E-state index contributed by atoms with van der Waals surface area (Å²) < 4.78 is 4.83. The second-order valence-electron chi connectivity index (χ2n) is 2.99. The Labute approximate surface area is 108 Å². The molecule has 0 saturated carbocycles. The summed E-state index contributed by atoms with van der Waals surface area (Å²) >= 11 is 0. The molecule has 18 heavy (non-hydrogen) atoms. The maximum Gasteiger partial charge on any atom is 0.313 e. The molecule has 5 heteroatoms. The lowest BCUT2D eigenvalue weighted by atomic mass is 10.4. The third-order valence-corrected chi connectivity index (χ3v) is 1.83. The fourth-order valence-corrected chi connectivity index (χ4v) is 1.22. The molecule has 100 valence electrons. The summed E-state index contributed by atoms with van der Waals surface area (Å²) in [5.41, 5.74) is 0.706. The standard InChI is InChI=1S/C11H15N3O2.C2H6/c1-4-8-11(12-5-2)14-9(13-8)7-10(15)16-6-3;1-2/h4-5H,1,6-7H2,2-3H3,(H,13,14);1-2H3/b12-5-;. The molecule has 0 fully saturated rings. The van der Waals surface area contributed by atoms with Gasteiger partial charge in [0.15, 0.2) is 5.82 Å². The summed E-state index contributed by atoms with van der Waals surface area (Å²) in [5, 5.41) is 0. The molecule has 5 nitrogen and oxygen atoms in total. The minimum Gasteiger partial charge on any atom is -0.466 e. The normalized spacial score (nSPS) is 9.78. The predicted octanol–water partition coefficient (Wildman–Crippen LogP) is 2.91. The van der Waals surface area contributed by atoms with Gasteiger partial charge < -0.3 is 9.72 Å². The van der Waals surface area contributed by atoms with Crippen LogP contribution in [0.5, 0.6) is 0 Å². The Kier molecular flexibility index (Phi) is 8.18. The van der Waals surface area contributed by atoms with Crippen LogP contribution in [0.2, 0.25) is 0 Å². The lowest BCUT2D eigenvalue weighted by molar-refractivity contribution is -0.142. The molecule has 0 spiro atoms. The Morgan fingerprint density at radius 1 is 1.56 bits per heavy atom. The van der Waals surface area contributed by atoms with E-state index in [4.69, 9.17) is 4.74 Å². The first-order chi connectivity index (χ1) is 8.71. The number of imidazole rings is 1. The summed E-state index contributed by atoms with van der Waals surface area (Å²) in [4.78, 5) is 22.4. The molecular formula is C13H21N3O2. The van der Waals surface area contributed by atoms with Crippen LogP contribution in [0.3, 0.4) is 0 Å². The number of carbonyl (C=O) groups is 1. The van der Waals surface area contributed by atoms with Crippen molar-refractivity contribution >= 4 is 24.1 Å². The minimum atomic E-state index is -0.307. The summed E-state index contributed by atoms with van der Waals surface area (Å²) in [6.45, 7) is 11.6. The molecule has 0 aliphatic heterocycles. The number of hydrogen-bond acceptors (Lipinski definition) is 4. The number of aromatic nitrogens is 2. The highest BCUT2D eigenvalue weighted by molar-refractivity contribution is 5.72. The summed E-state index contributed by atoms with van der Waals surface area (Å²) in [7, 11) is 0. The van der Waals surface area contributed by atoms with Crippen LogP contribution in [0.25, 0.3) is 6.08 Å². The summed E-state index contributed by atoms with van der Waals surface area (Å²) in [6, 6.07) is 0. The van der Waals surface area contributed by atoms with E-state index in [-0.39, 0.29) is 12.4 Å². The van der Waals surface area contributed by atoms with Gasteiger partial charge in [0.25, 0.3) is 0 Å². The van der Waals surface area contributed by atoms with E-state index in [9.17, 15) is 4.79 Å². The average Bonchev–Trinajstić information content (AvgIpc) is 2.74. The SMILES string of the molecule is C=Cc1[nH]c(CC(=O)OCC)nc1/N=C\C.CC. The highest BCUT2D eigenvalue weighted by Crippen LogP contribution is 2.17. The molecule has 0 aromatic carbocycles. The summed E-state index contributed by atoms with van der Waals surface area (Å²) in [6.07, 6.45) is 3.37. The quantitative estimate of drug-likeness (QED) is 0.646. The Hall–Kier alpha value is -1.91. The number of nitrogens with one attached hydrogen (secondary N) is 1. The van der Waals surface area contributed by atoms with Crippen LogP contribution in [0.4, 0.5) is 5.82 Å². The third-order valence-electron chi connectivity index (χ3n) is 1.83. The Balaban J connectivity index is 0.00000137. The highest BCUT2D eigenvalue weighted by Gasteiger charge is 2.10. The Morgan fingerprint density at radius 3 is 2.72 bits per heavy atom. The van der Waals surface area contributed by atoms with Gasteiger partial charge in [-0.2, -0.15) is 0 Å². The smallest absolute Gasteiger partial charge is 0.313 e. The van der Waals surface area contributed by atoms with Crippen molar-refractivity contribution in [2.75, 3.05) is 6.61 Å². The van der Waals surface area contributed by atoms with Gasteiger partial charge >= 0.3 is 5.97 Å². The van der Waals surface area contributed by atoms with E-state index in [1.165, 1.54) is 0 Å². The van der Waals surface area contributed by atoms with E-state index in [0.29, 0.717) is 23.9 Å². The van der Waals surface area contributed by atoms with Crippen LogP contribution >= 0.6 is 0 Å². The molecule has 1 heterocycles. The fraction of sp³-hybridized carbons (Fsp3) is 0.462. The molecule has 1 rings (SSSR count). The molecule has 1 N–H and O–H groups in total. The number of esters is 1. The number of carbonyl (C=O) groups excluding carboxylic acids is 1. The van der Waals surface area contributed by atoms with Gasteiger partial charge in [0.1, 0.15) is 12.2 Å². The fourth-order valence-electron chi connectivity index (χ4n) is 1.22. The second kappa shape index (κ2) is 9.15. The van der Waals surface area contributed by atoms with Crippen molar-refractivity contribution < 1.29 is 9.53 Å². The number of H-pyrrole nitrogens is 1. The zero-order valence-corrected chi connectivity index (χ0v) is 11.5. The number of nitrogens with zero attached hydrogens (tertiary/aromatic N) is 2. The zero-order valence-electron chi connectivity index (χ0n) is 11.5. The van der Waals surface area contributed by atoms with Gasteiger partial charge in [-0.25, -0.2) is 9.98 Å². The van der Waals surface area contributed by atoms with Gasteiger partial charge in [-0.3, -0.25) is 4.79 Å². The van der Waals surface area contributed by atoms with Crippen molar-refractivity contribution in [3.05, 3.63) is 18.1 Å². The largest absolute Gasteiger partial charge is 0.466 e. The third kappa shape index (κ3) is 4.95. The molecule has 0 radical (unpaired) electrons. The van der Waals surface area contributed by atoms with E-state index in [1.54, 1.807) is 26.1 Å². The van der Waals surface area contributed by atoms with Crippen molar-refractivity contribution in [2.45, 2.75) is 34.1 Å². The predicted molar refractivity (Wildman–Crippen MR) is 74.2 cm³/mol. The average molecular weight is 251 g/mol. The van der Waals surface area contributed by atoms with E-state index in [1.807, 2.05) is 13.8 Å². The van der Waals surface area contributed by atoms with Gasteiger partial charge in [-0.1, -0.05) is 20.4 Å². The zero-order chi connectivity index (χ0) is 14.0. The molecule has 0 unspecified atom stereocenters. The van der Waals surface area contributed by atoms with Crippen LogP contribution in [-0.4, -0.2) is 28.8 Å². The number of ether oxygens (including phenoxy) is 1. The number of aliphatic imine (C=N–C) groups is 1. The van der Waals surface area contributed by atoms with Crippen molar-refractivity contribution in [3.8, 4) is 0 Å². The first-order valence-electron chi connectivity index (χ1n) is 6.06. The highest BCUT2D eigenvalue weighted by atomic mass is 16.5. The number of aromatic amines is 1. The first-order valence-corrected chi connectivity index (χ1v) is 6.06. The first kappa shape index (κ1) is 16.1. The maximum atomic E-state index is 11.2. The van der Waals surface area contributed by atoms with Crippen LogP contribution in [0.1, 0.15) is 39.2 Å². The van der Waals surface area contributed by atoms with Crippen molar-refractivity contribution in [3.63, 3.8) is 0 Å². The van der Waals surface area contributed by atoms with Gasteiger partial charge in [0.2, 0.25) is 0 Å². The summed E-state index contributed by atoms with van der Waals surface area (Å²) in [5.74, 6) is 0.768. The molecule has 0 bridgehead atoms. The van der Waals surface area contributed by atoms with Gasteiger partial charge in [-0.05, 0) is 19.9 Å². The Morgan fingerprint density at radius 2 is 2.22 bits per heavy atom. The van der Waals surface area contributed by atoms with Crippen LogP contribution in [0.15, 0.2) is 11.6 Å². The topological polar surface area (TPSA) is 67.3 Å². The lowest BCUT2D eigenvalue weighted by Gasteiger charge is -1.97. The van der Waals surface area contributed by atoms with Gasteiger partial charge in [0.05, 0.1) is 12.3 Å². The molecular weight excluding hydrogens is 230 g/mol. The van der Waals surface area contributed by atoms with Gasteiger partial charge in [-0.15, -0.1) is 0 Å². The molecule has 1 aromatic heterocycles. The molecule has 0 aliphatic rings. The number of hydrogen-bond donors (Lipinski definition) is 1. The van der Waals surface area contributed by atoms with Crippen LogP contribution < -0.4 is 0 Å².